The minimum atomic E-state index is -3.10. The lowest BCUT2D eigenvalue weighted by molar-refractivity contribution is -0.140. The van der Waals surface area contributed by atoms with Gasteiger partial charge >= 0.3 is 5.97 Å². The quantitative estimate of drug-likeness (QED) is 0.602. The second kappa shape index (κ2) is 8.29. The molecule has 1 atom stereocenters. The predicted octanol–water partition coefficient (Wildman–Crippen LogP) is 1.77. The van der Waals surface area contributed by atoms with Crippen LogP contribution in [0, 0.1) is 0 Å². The van der Waals surface area contributed by atoms with Gasteiger partial charge in [0.25, 0.3) is 5.91 Å². The fraction of sp³-hybridized carbons (Fsp3) is 0.579. The molecule has 1 saturated heterocycles. The smallest absolute Gasteiger partial charge is 0.338 e. The first-order valence-corrected chi connectivity index (χ1v) is 11.2. The number of ether oxygens (including phenoxy) is 1. The Bertz CT molecular complexity index is 785. The fourth-order valence-corrected chi connectivity index (χ4v) is 5.68. The molecule has 1 aromatic rings. The van der Waals surface area contributed by atoms with Crippen LogP contribution in [0.3, 0.4) is 0 Å². The Labute approximate surface area is 159 Å². The van der Waals surface area contributed by atoms with Gasteiger partial charge in [0.15, 0.2) is 16.4 Å². The zero-order valence-electron chi connectivity index (χ0n) is 15.3. The highest BCUT2D eigenvalue weighted by atomic mass is 32.2. The molecule has 1 aromatic carbocycles. The Morgan fingerprint density at radius 2 is 1.70 bits per heavy atom. The summed E-state index contributed by atoms with van der Waals surface area (Å²) in [5.41, 5.74) is 6.46. The van der Waals surface area contributed by atoms with Crippen LogP contribution in [0.5, 0.6) is 0 Å². The average Bonchev–Trinajstić information content (AvgIpc) is 3.00. The molecule has 1 aliphatic carbocycles. The molecule has 148 valence electrons. The van der Waals surface area contributed by atoms with E-state index in [1.165, 1.54) is 0 Å². The Hall–Kier alpha value is -2.09. The second-order valence-corrected chi connectivity index (χ2v) is 9.58. The summed E-state index contributed by atoms with van der Waals surface area (Å²) in [4.78, 5) is 26.7. The van der Waals surface area contributed by atoms with Gasteiger partial charge in [-0.25, -0.2) is 13.2 Å². The topological polar surface area (TPSA) is 107 Å². The molecule has 0 unspecified atom stereocenters. The Morgan fingerprint density at radius 3 is 2.30 bits per heavy atom. The van der Waals surface area contributed by atoms with Crippen molar-refractivity contribution in [2.24, 2.45) is 0 Å². The van der Waals surface area contributed by atoms with Gasteiger partial charge < -0.3 is 15.4 Å². The van der Waals surface area contributed by atoms with Crippen molar-refractivity contribution < 1.29 is 22.7 Å². The van der Waals surface area contributed by atoms with Crippen molar-refractivity contribution in [2.75, 3.05) is 23.8 Å². The van der Waals surface area contributed by atoms with Crippen molar-refractivity contribution in [2.45, 2.75) is 50.6 Å². The van der Waals surface area contributed by atoms with Crippen LogP contribution in [-0.4, -0.2) is 55.4 Å². The average molecular weight is 394 g/mol. The molecule has 2 N–H and O–H groups in total. The van der Waals surface area contributed by atoms with Crippen LogP contribution >= 0.6 is 0 Å². The lowest BCUT2D eigenvalue weighted by Crippen LogP contribution is -2.50. The maximum atomic E-state index is 12.9. The predicted molar refractivity (Wildman–Crippen MR) is 102 cm³/mol. The van der Waals surface area contributed by atoms with Gasteiger partial charge in [-0.05, 0) is 43.5 Å². The van der Waals surface area contributed by atoms with Crippen molar-refractivity contribution >= 4 is 27.4 Å². The van der Waals surface area contributed by atoms with E-state index in [1.807, 2.05) is 0 Å². The normalized spacial score (nSPS) is 22.3. The largest absolute Gasteiger partial charge is 0.452 e. The summed E-state index contributed by atoms with van der Waals surface area (Å²) in [6, 6.07) is 5.99. The number of hydrogen-bond acceptors (Lipinski definition) is 6. The molecule has 0 bridgehead atoms. The standard InChI is InChI=1S/C19H26N2O5S/c20-15-8-6-14(7-9-15)19(23)26-12-18(22)21(16-4-2-1-3-5-16)17-10-11-27(24,25)13-17/h6-9,16-17H,1-5,10-13,20H2/t17-/m0/s1. The highest BCUT2D eigenvalue weighted by Crippen LogP contribution is 2.28. The summed E-state index contributed by atoms with van der Waals surface area (Å²) in [6.07, 6.45) is 5.38. The molecule has 8 heteroatoms. The van der Waals surface area contributed by atoms with E-state index in [9.17, 15) is 18.0 Å². The molecule has 7 nitrogen and oxygen atoms in total. The first-order chi connectivity index (χ1) is 12.9. The van der Waals surface area contributed by atoms with E-state index in [0.717, 1.165) is 32.1 Å². The first kappa shape index (κ1) is 19.7. The Kier molecular flexibility index (Phi) is 6.04. The molecule has 1 aliphatic heterocycles. The van der Waals surface area contributed by atoms with Gasteiger partial charge in [-0.2, -0.15) is 0 Å². The lowest BCUT2D eigenvalue weighted by Gasteiger charge is -2.38. The second-order valence-electron chi connectivity index (χ2n) is 7.35. The molecule has 27 heavy (non-hydrogen) atoms. The number of carbonyl (C=O) groups is 2. The number of amides is 1. The summed E-state index contributed by atoms with van der Waals surface area (Å²) in [6.45, 7) is -0.379. The van der Waals surface area contributed by atoms with E-state index in [1.54, 1.807) is 29.2 Å². The minimum absolute atomic E-state index is 0.00114. The van der Waals surface area contributed by atoms with Gasteiger partial charge in [0.1, 0.15) is 0 Å². The van der Waals surface area contributed by atoms with Crippen LogP contribution in [0.4, 0.5) is 5.69 Å². The molecule has 0 spiro atoms. The Morgan fingerprint density at radius 1 is 1.04 bits per heavy atom. The number of sulfone groups is 1. The number of hydrogen-bond donors (Lipinski definition) is 1. The number of nitrogens with zero attached hydrogens (tertiary/aromatic N) is 1. The highest BCUT2D eigenvalue weighted by molar-refractivity contribution is 7.91. The molecule has 2 aliphatic rings. The van der Waals surface area contributed by atoms with Crippen LogP contribution < -0.4 is 5.73 Å². The van der Waals surface area contributed by atoms with E-state index >= 15 is 0 Å². The SMILES string of the molecule is Nc1ccc(C(=O)OCC(=O)N(C2CCCCC2)[C@H]2CCS(=O)(=O)C2)cc1. The summed E-state index contributed by atoms with van der Waals surface area (Å²) in [7, 11) is -3.10. The summed E-state index contributed by atoms with van der Waals surface area (Å²) < 4.78 is 29.0. The van der Waals surface area contributed by atoms with Gasteiger partial charge in [-0.3, -0.25) is 4.79 Å². The Balaban J connectivity index is 1.67. The van der Waals surface area contributed by atoms with E-state index in [2.05, 4.69) is 0 Å². The first-order valence-electron chi connectivity index (χ1n) is 9.40. The van der Waals surface area contributed by atoms with E-state index in [4.69, 9.17) is 10.5 Å². The number of anilines is 1. The van der Waals surface area contributed by atoms with Crippen molar-refractivity contribution in [1.82, 2.24) is 4.90 Å². The van der Waals surface area contributed by atoms with E-state index in [-0.39, 0.29) is 36.1 Å². The maximum Gasteiger partial charge on any atom is 0.338 e. The third kappa shape index (κ3) is 5.00. The third-order valence-corrected chi connectivity index (χ3v) is 7.08. The van der Waals surface area contributed by atoms with Gasteiger partial charge in [-0.1, -0.05) is 19.3 Å². The fourth-order valence-electron chi connectivity index (χ4n) is 3.96. The molecular weight excluding hydrogens is 368 g/mol. The molecule has 1 heterocycles. The van der Waals surface area contributed by atoms with Crippen molar-refractivity contribution in [3.63, 3.8) is 0 Å². The van der Waals surface area contributed by atoms with Gasteiger partial charge in [-0.15, -0.1) is 0 Å². The lowest BCUT2D eigenvalue weighted by atomic mass is 9.93. The molecule has 1 amide bonds. The molecule has 0 radical (unpaired) electrons. The minimum Gasteiger partial charge on any atom is -0.452 e. The molecule has 2 fully saturated rings. The number of benzene rings is 1. The highest BCUT2D eigenvalue weighted by Gasteiger charge is 2.38. The van der Waals surface area contributed by atoms with Crippen molar-refractivity contribution in [1.29, 1.82) is 0 Å². The number of nitrogens with two attached hydrogens (primary N) is 1. The van der Waals surface area contributed by atoms with Crippen LogP contribution in [0.2, 0.25) is 0 Å². The number of rotatable bonds is 5. The van der Waals surface area contributed by atoms with Gasteiger partial charge in [0.2, 0.25) is 0 Å². The summed E-state index contributed by atoms with van der Waals surface area (Å²) in [5, 5.41) is 0. The summed E-state index contributed by atoms with van der Waals surface area (Å²) >= 11 is 0. The van der Waals surface area contributed by atoms with E-state index in [0.29, 0.717) is 17.7 Å². The van der Waals surface area contributed by atoms with Crippen molar-refractivity contribution in [3.8, 4) is 0 Å². The van der Waals surface area contributed by atoms with Crippen LogP contribution in [0.1, 0.15) is 48.9 Å². The van der Waals surface area contributed by atoms with Crippen molar-refractivity contribution in [3.05, 3.63) is 29.8 Å². The third-order valence-electron chi connectivity index (χ3n) is 5.33. The van der Waals surface area contributed by atoms with Crippen LogP contribution in [0.15, 0.2) is 24.3 Å². The van der Waals surface area contributed by atoms with Crippen LogP contribution in [0.25, 0.3) is 0 Å². The zero-order valence-corrected chi connectivity index (χ0v) is 16.1. The number of nitrogen functional groups attached to an aromatic ring is 1. The summed E-state index contributed by atoms with van der Waals surface area (Å²) in [5.74, 6) is -0.792. The molecule has 3 rings (SSSR count). The number of esters is 1. The maximum absolute atomic E-state index is 12.9. The van der Waals surface area contributed by atoms with Gasteiger partial charge in [0, 0.05) is 17.8 Å². The molecular formula is C19H26N2O5S. The number of carbonyl (C=O) groups excluding carboxylic acids is 2. The van der Waals surface area contributed by atoms with Gasteiger partial charge in [0.05, 0.1) is 17.1 Å². The molecule has 1 saturated carbocycles. The van der Waals surface area contributed by atoms with E-state index < -0.39 is 15.8 Å². The molecule has 0 aromatic heterocycles. The zero-order chi connectivity index (χ0) is 19.4. The van der Waals surface area contributed by atoms with Crippen LogP contribution in [-0.2, 0) is 19.4 Å². The monoisotopic (exact) mass is 394 g/mol.